The van der Waals surface area contributed by atoms with E-state index in [-0.39, 0.29) is 0 Å². The molecule has 0 radical (unpaired) electrons. The molecule has 0 N–H and O–H groups in total. The highest BCUT2D eigenvalue weighted by atomic mass is 16.3. The van der Waals surface area contributed by atoms with Gasteiger partial charge in [0.2, 0.25) is 0 Å². The number of hydrogen-bond acceptors (Lipinski definition) is 1. The topological polar surface area (TPSA) is 13.1 Å². The SMILES string of the molecule is [2H]c1c([2H])c([2H])c(-c2c([2H])c([2H])c(-c3c4c([2H])c([2H])c([2H])c([2H])c4c(-c4c([2H])c([2H])c5oc6c([2H])c([2H])c([2H])c([2H])c6c5c4[2H])c4c([2H])c([2H])c([2H])c([2H])c34)c([2H])c2[2H])c([2H])c1[2H].c1cc(-c2ccc(-c3ccc4ccc5cccc6ccc3c4c56)cc2)cc(-c2ccc3ccc4cccc5ccc2c3c45)c1. The number of fused-ring (bicyclic) bond motifs is 5. The van der Waals surface area contributed by atoms with Crippen LogP contribution in [0.4, 0.5) is 0 Å². The largest absolute Gasteiger partial charge is 0.456 e. The van der Waals surface area contributed by atoms with Gasteiger partial charge in [-0.3, -0.25) is 0 Å². The van der Waals surface area contributed by atoms with E-state index in [0.29, 0.717) is 0 Å². The second-order valence-electron chi connectivity index (χ2n) is 20.4. The first-order valence-corrected chi connectivity index (χ1v) is 26.8. The highest BCUT2D eigenvalue weighted by molar-refractivity contribution is 6.27. The van der Waals surface area contributed by atoms with Crippen LogP contribution in [0.1, 0.15) is 32.9 Å². The van der Waals surface area contributed by atoms with Crippen LogP contribution in [0.15, 0.2) is 307 Å². The molecular weight excluding hydrogens is 1000 g/mol. The molecule has 1 nitrogen and oxygen atoms in total. The van der Waals surface area contributed by atoms with Crippen molar-refractivity contribution in [2.45, 2.75) is 0 Å². The Balaban J connectivity index is 0.000000166. The van der Waals surface area contributed by atoms with Crippen LogP contribution in [0.3, 0.4) is 0 Å². The normalized spacial score (nSPS) is 15.9. The molecule has 384 valence electrons. The van der Waals surface area contributed by atoms with E-state index in [4.69, 9.17) is 26.3 Å². The maximum Gasteiger partial charge on any atom is 0.135 e. The van der Waals surface area contributed by atoms with Crippen molar-refractivity contribution in [3.63, 3.8) is 0 Å². The van der Waals surface area contributed by atoms with Crippen molar-refractivity contribution in [2.24, 2.45) is 0 Å². The number of rotatable bonds is 6. The molecule has 1 heteroatoms. The van der Waals surface area contributed by atoms with Crippen LogP contribution in [-0.4, -0.2) is 0 Å². The predicted octanol–water partition coefficient (Wildman–Crippen LogP) is 23.4. The van der Waals surface area contributed by atoms with E-state index in [2.05, 4.69) is 158 Å². The molecule has 0 saturated carbocycles. The van der Waals surface area contributed by atoms with Gasteiger partial charge >= 0.3 is 0 Å². The number of furan rings is 1. The van der Waals surface area contributed by atoms with Crippen LogP contribution < -0.4 is 0 Å². The number of hydrogen-bond donors (Lipinski definition) is 0. The minimum Gasteiger partial charge on any atom is -0.456 e. The summed E-state index contributed by atoms with van der Waals surface area (Å²) in [6.45, 7) is 0. The fraction of sp³-hybridized carbons (Fsp3) is 0. The average molecular weight is 1080 g/mol. The van der Waals surface area contributed by atoms with Crippen molar-refractivity contribution in [3.8, 4) is 66.8 Å². The van der Waals surface area contributed by atoms with Crippen molar-refractivity contribution in [3.05, 3.63) is 303 Å². The maximum absolute atomic E-state index is 9.54. The summed E-state index contributed by atoms with van der Waals surface area (Å²) in [5, 5.41) is 12.3. The minimum absolute atomic E-state index is 0.396. The van der Waals surface area contributed by atoms with Gasteiger partial charge in [-0.05, 0) is 177 Å². The molecule has 0 spiro atoms. The van der Waals surface area contributed by atoms with Crippen LogP contribution in [-0.2, 0) is 0 Å². The Morgan fingerprint density at radius 1 is 0.229 bits per heavy atom. The Hall–Kier alpha value is -10.9. The van der Waals surface area contributed by atoms with Crippen molar-refractivity contribution in [1.29, 1.82) is 0 Å². The predicted molar refractivity (Wildman–Crippen MR) is 355 cm³/mol. The van der Waals surface area contributed by atoms with Gasteiger partial charge in [-0.2, -0.15) is 0 Å². The third kappa shape index (κ3) is 7.63. The zero-order valence-corrected chi connectivity index (χ0v) is 43.4. The standard InChI is InChI=1S/C44H26.C38H24O/c1-4-29-14-16-33-18-22-37(39-24-20-31(6-1)41(29)43(33)39)28-12-10-27(11-13-28)35-8-3-9-36(26-35)38-23-19-34-17-15-30-5-2-7-32-21-25-40(38)44(34)42(30)32;1-2-10-25(11-3-1)26-18-20-27(21-19-26)37-30-13-4-6-15-32(30)38(33-16-7-5-14-31(33)37)28-22-23-36-34(24-28)29-12-8-9-17-35(29)39-36/h1-26H;1-24H/i;1D,2D,3D,4D,5D,6D,7D,8D,9D,10D,11D,12D,13D,14D,15D,16D,17D,18D,19D,20D,21D,22D,23D,24D. The van der Waals surface area contributed by atoms with E-state index in [9.17, 15) is 11.0 Å². The summed E-state index contributed by atoms with van der Waals surface area (Å²) in [7, 11) is 0. The van der Waals surface area contributed by atoms with Crippen molar-refractivity contribution < 1.29 is 37.3 Å². The highest BCUT2D eigenvalue weighted by Crippen LogP contribution is 2.46. The van der Waals surface area contributed by atoms with Crippen LogP contribution in [0.25, 0.3) is 175 Å². The smallest absolute Gasteiger partial charge is 0.135 e. The summed E-state index contributed by atoms with van der Waals surface area (Å²) >= 11 is 0. The van der Waals surface area contributed by atoms with Gasteiger partial charge in [0, 0.05) is 10.8 Å². The Morgan fingerprint density at radius 2 is 0.639 bits per heavy atom. The minimum atomic E-state index is -1.02. The third-order valence-electron chi connectivity index (χ3n) is 15.9. The molecule has 1 aromatic heterocycles. The summed E-state index contributed by atoms with van der Waals surface area (Å²) in [6.07, 6.45) is 0. The monoisotopic (exact) mass is 1070 g/mol. The Labute approximate surface area is 513 Å². The summed E-state index contributed by atoms with van der Waals surface area (Å²) in [5.41, 5.74) is 2.20. The van der Waals surface area contributed by atoms with Gasteiger partial charge in [0.05, 0.1) is 32.9 Å². The quantitative estimate of drug-likeness (QED) is 0.119. The zero-order chi connectivity index (χ0) is 75.4. The van der Waals surface area contributed by atoms with Gasteiger partial charge in [-0.1, -0.05) is 279 Å². The lowest BCUT2D eigenvalue weighted by atomic mass is 9.85. The lowest BCUT2D eigenvalue weighted by Gasteiger charge is -2.18. The molecule has 1 heterocycles. The van der Waals surface area contributed by atoms with Crippen LogP contribution in [0.2, 0.25) is 0 Å². The molecule has 17 aromatic carbocycles. The third-order valence-corrected chi connectivity index (χ3v) is 15.9. The average Bonchev–Trinajstić information content (AvgIpc) is 1.56. The molecule has 18 aromatic rings. The van der Waals surface area contributed by atoms with Crippen molar-refractivity contribution in [2.75, 3.05) is 0 Å². The van der Waals surface area contributed by atoms with E-state index >= 15 is 0 Å². The zero-order valence-electron chi connectivity index (χ0n) is 67.4. The van der Waals surface area contributed by atoms with Gasteiger partial charge in [-0.25, -0.2) is 0 Å². The molecule has 0 saturated heterocycles. The molecule has 0 aliphatic heterocycles. The van der Waals surface area contributed by atoms with E-state index < -0.39 is 222 Å². The first-order chi connectivity index (χ1) is 51.1. The lowest BCUT2D eigenvalue weighted by Crippen LogP contribution is -1.91. The number of para-hydroxylation sites is 1. The maximum atomic E-state index is 9.54. The van der Waals surface area contributed by atoms with Gasteiger partial charge in [-0.15, -0.1) is 0 Å². The Bertz CT molecular complexity index is 6880. The molecule has 0 aliphatic rings. The molecule has 0 amide bonds. The van der Waals surface area contributed by atoms with E-state index in [1.807, 2.05) is 0 Å². The van der Waals surface area contributed by atoms with Gasteiger partial charge < -0.3 is 4.42 Å². The first kappa shape index (κ1) is 29.0. The second kappa shape index (κ2) is 18.9. The summed E-state index contributed by atoms with van der Waals surface area (Å²) in [5.74, 6) is 0. The van der Waals surface area contributed by atoms with E-state index in [1.165, 1.54) is 98.0 Å². The molecular formula is C82H50O. The van der Waals surface area contributed by atoms with E-state index in [0.717, 1.165) is 0 Å². The Morgan fingerprint density at radius 3 is 1.23 bits per heavy atom. The summed E-state index contributed by atoms with van der Waals surface area (Å²) < 4.78 is 217. The fourth-order valence-electron chi connectivity index (χ4n) is 12.2. The Kier molecular flexibility index (Phi) is 6.61. The second-order valence-corrected chi connectivity index (χ2v) is 20.4. The number of benzene rings is 17. The molecule has 0 fully saturated rings. The fourth-order valence-corrected chi connectivity index (χ4v) is 12.2. The first-order valence-electron chi connectivity index (χ1n) is 38.8. The van der Waals surface area contributed by atoms with E-state index in [1.54, 1.807) is 0 Å². The highest BCUT2D eigenvalue weighted by Gasteiger charge is 2.19. The molecule has 0 atom stereocenters. The van der Waals surface area contributed by atoms with Crippen LogP contribution in [0, 0.1) is 0 Å². The molecule has 18 rings (SSSR count). The van der Waals surface area contributed by atoms with Crippen molar-refractivity contribution >= 4 is 108 Å². The van der Waals surface area contributed by atoms with Crippen molar-refractivity contribution in [1.82, 2.24) is 0 Å². The van der Waals surface area contributed by atoms with Crippen LogP contribution >= 0.6 is 0 Å². The molecule has 0 unspecified atom stereocenters. The van der Waals surface area contributed by atoms with Gasteiger partial charge in [0.1, 0.15) is 11.2 Å². The lowest BCUT2D eigenvalue weighted by molar-refractivity contribution is 0.669. The molecule has 83 heavy (non-hydrogen) atoms. The van der Waals surface area contributed by atoms with Crippen LogP contribution in [0.5, 0.6) is 0 Å². The summed E-state index contributed by atoms with van der Waals surface area (Å²) in [6, 6.07) is 37.3. The molecule has 0 bridgehead atoms. The summed E-state index contributed by atoms with van der Waals surface area (Å²) in [4.78, 5) is 0. The molecule has 0 aliphatic carbocycles. The van der Waals surface area contributed by atoms with Gasteiger partial charge in [0.25, 0.3) is 0 Å². The van der Waals surface area contributed by atoms with Gasteiger partial charge in [0.15, 0.2) is 0 Å².